The lowest BCUT2D eigenvalue weighted by molar-refractivity contribution is 0.521. The van der Waals surface area contributed by atoms with Gasteiger partial charge in [-0.3, -0.25) is 0 Å². The fourth-order valence-corrected chi connectivity index (χ4v) is 2.26. The molecule has 4 nitrogen and oxygen atoms in total. The number of hydrogen-bond donors (Lipinski definition) is 2. The quantitative estimate of drug-likeness (QED) is 0.631. The second-order valence-electron chi connectivity index (χ2n) is 3.66. The first-order valence-corrected chi connectivity index (χ1v) is 6.53. The Hall–Kier alpha value is -0.130. The van der Waals surface area contributed by atoms with Crippen LogP contribution in [0.15, 0.2) is 0 Å². The summed E-state index contributed by atoms with van der Waals surface area (Å²) in [6.45, 7) is 0.765. The number of nitrogens with one attached hydrogen (secondary N) is 1. The first-order chi connectivity index (χ1) is 6.08. The van der Waals surface area contributed by atoms with Crippen LogP contribution in [0.25, 0.3) is 0 Å². The summed E-state index contributed by atoms with van der Waals surface area (Å²) < 4.78 is 21.2. The molecule has 0 unspecified atom stereocenters. The molecule has 0 aliphatic heterocycles. The smallest absolute Gasteiger partial charge is 0.209 e. The van der Waals surface area contributed by atoms with Crippen molar-refractivity contribution in [3.05, 3.63) is 0 Å². The summed E-state index contributed by atoms with van der Waals surface area (Å²) in [5.41, 5.74) is 0. The highest BCUT2D eigenvalue weighted by Gasteiger charge is 2.13. The molecule has 5 heteroatoms. The molecule has 1 fully saturated rings. The Balaban J connectivity index is 2.01. The van der Waals surface area contributed by atoms with Crippen molar-refractivity contribution in [1.29, 1.82) is 0 Å². The average molecular weight is 206 g/mol. The van der Waals surface area contributed by atoms with Gasteiger partial charge >= 0.3 is 0 Å². The summed E-state index contributed by atoms with van der Waals surface area (Å²) in [6, 6.07) is 0.612. The van der Waals surface area contributed by atoms with Crippen molar-refractivity contribution < 1.29 is 8.42 Å². The molecule has 0 atom stereocenters. The van der Waals surface area contributed by atoms with Crippen molar-refractivity contribution in [2.75, 3.05) is 12.3 Å². The summed E-state index contributed by atoms with van der Waals surface area (Å²) in [5, 5.41) is 8.21. The Labute approximate surface area is 79.9 Å². The van der Waals surface area contributed by atoms with E-state index in [4.69, 9.17) is 5.14 Å². The molecule has 78 valence electrons. The van der Waals surface area contributed by atoms with Gasteiger partial charge < -0.3 is 5.32 Å². The molecule has 1 aliphatic carbocycles. The van der Waals surface area contributed by atoms with Gasteiger partial charge in [0, 0.05) is 6.04 Å². The van der Waals surface area contributed by atoms with Crippen molar-refractivity contribution >= 4 is 10.0 Å². The maximum absolute atomic E-state index is 10.6. The van der Waals surface area contributed by atoms with Gasteiger partial charge in [0.2, 0.25) is 10.0 Å². The fourth-order valence-electron chi connectivity index (χ4n) is 1.71. The van der Waals surface area contributed by atoms with Gasteiger partial charge in [0.15, 0.2) is 0 Å². The molecule has 13 heavy (non-hydrogen) atoms. The molecule has 0 bridgehead atoms. The molecule has 1 rings (SSSR count). The zero-order chi connectivity index (χ0) is 9.73. The van der Waals surface area contributed by atoms with E-state index in [9.17, 15) is 8.42 Å². The second kappa shape index (κ2) is 4.93. The summed E-state index contributed by atoms with van der Waals surface area (Å²) >= 11 is 0. The van der Waals surface area contributed by atoms with Crippen LogP contribution in [0.4, 0.5) is 0 Å². The number of nitrogens with two attached hydrogens (primary N) is 1. The normalized spacial score (nSPS) is 19.5. The van der Waals surface area contributed by atoms with Gasteiger partial charge in [0.05, 0.1) is 5.75 Å². The summed E-state index contributed by atoms with van der Waals surface area (Å²) in [5.74, 6) is 0.0900. The van der Waals surface area contributed by atoms with Crippen LogP contribution in [-0.4, -0.2) is 26.8 Å². The molecule has 3 N–H and O–H groups in total. The number of primary sulfonamides is 1. The van der Waals surface area contributed by atoms with Crippen molar-refractivity contribution in [1.82, 2.24) is 5.32 Å². The fraction of sp³-hybridized carbons (Fsp3) is 1.00. The van der Waals surface area contributed by atoms with E-state index in [0.29, 0.717) is 12.5 Å². The van der Waals surface area contributed by atoms with Gasteiger partial charge in [-0.15, -0.1) is 0 Å². The third kappa shape index (κ3) is 5.23. The molecule has 0 saturated heterocycles. The maximum atomic E-state index is 10.6. The largest absolute Gasteiger partial charge is 0.314 e. The molecule has 0 spiro atoms. The van der Waals surface area contributed by atoms with Crippen LogP contribution in [-0.2, 0) is 10.0 Å². The van der Waals surface area contributed by atoms with E-state index in [1.807, 2.05) is 0 Å². The first kappa shape index (κ1) is 10.9. The molecular formula is C8H18N2O2S. The third-order valence-electron chi connectivity index (χ3n) is 2.39. The summed E-state index contributed by atoms with van der Waals surface area (Å²) in [7, 11) is -3.26. The third-order valence-corrected chi connectivity index (χ3v) is 3.25. The number of hydrogen-bond acceptors (Lipinski definition) is 3. The molecule has 1 aliphatic rings. The monoisotopic (exact) mass is 206 g/mol. The van der Waals surface area contributed by atoms with Crippen molar-refractivity contribution in [3.8, 4) is 0 Å². The van der Waals surface area contributed by atoms with Crippen LogP contribution in [0.5, 0.6) is 0 Å². The van der Waals surface area contributed by atoms with Crippen molar-refractivity contribution in [2.24, 2.45) is 5.14 Å². The van der Waals surface area contributed by atoms with Crippen LogP contribution in [0.3, 0.4) is 0 Å². The predicted molar refractivity (Wildman–Crippen MR) is 52.8 cm³/mol. The SMILES string of the molecule is NS(=O)(=O)CCCNC1CCCC1. The lowest BCUT2D eigenvalue weighted by atomic mass is 10.2. The Kier molecular flexibility index (Phi) is 4.15. The second-order valence-corrected chi connectivity index (χ2v) is 5.39. The molecule has 0 aromatic rings. The average Bonchev–Trinajstić information content (AvgIpc) is 2.48. The summed E-state index contributed by atoms with van der Waals surface area (Å²) in [4.78, 5) is 0. The van der Waals surface area contributed by atoms with Crippen LogP contribution in [0.2, 0.25) is 0 Å². The zero-order valence-electron chi connectivity index (χ0n) is 7.83. The molecular weight excluding hydrogens is 188 g/mol. The maximum Gasteiger partial charge on any atom is 0.209 e. The van der Waals surface area contributed by atoms with Gasteiger partial charge in [-0.2, -0.15) is 0 Å². The molecule has 0 radical (unpaired) electrons. The van der Waals surface area contributed by atoms with Gasteiger partial charge in [0.1, 0.15) is 0 Å². The highest BCUT2D eigenvalue weighted by atomic mass is 32.2. The van der Waals surface area contributed by atoms with E-state index in [0.717, 1.165) is 6.54 Å². The Morgan fingerprint density at radius 2 is 1.92 bits per heavy atom. The summed E-state index contributed by atoms with van der Waals surface area (Å²) in [6.07, 6.45) is 5.68. The molecule has 0 aromatic carbocycles. The highest BCUT2D eigenvalue weighted by molar-refractivity contribution is 7.89. The van der Waals surface area contributed by atoms with E-state index < -0.39 is 10.0 Å². The molecule has 0 aromatic heterocycles. The number of sulfonamides is 1. The molecule has 0 amide bonds. The van der Waals surface area contributed by atoms with Gasteiger partial charge in [-0.25, -0.2) is 13.6 Å². The molecule has 0 heterocycles. The van der Waals surface area contributed by atoms with E-state index >= 15 is 0 Å². The van der Waals surface area contributed by atoms with E-state index in [1.165, 1.54) is 25.7 Å². The van der Waals surface area contributed by atoms with Gasteiger partial charge in [-0.05, 0) is 25.8 Å². The van der Waals surface area contributed by atoms with Crippen molar-refractivity contribution in [3.63, 3.8) is 0 Å². The highest BCUT2D eigenvalue weighted by Crippen LogP contribution is 2.17. The van der Waals surface area contributed by atoms with Gasteiger partial charge in [0.25, 0.3) is 0 Å². The minimum Gasteiger partial charge on any atom is -0.314 e. The Morgan fingerprint density at radius 1 is 1.31 bits per heavy atom. The minimum atomic E-state index is -3.26. The lowest BCUT2D eigenvalue weighted by Gasteiger charge is -2.10. The Morgan fingerprint density at radius 3 is 2.46 bits per heavy atom. The standard InChI is InChI=1S/C8H18N2O2S/c9-13(11,12)7-3-6-10-8-4-1-2-5-8/h8,10H,1-7H2,(H2,9,11,12). The first-order valence-electron chi connectivity index (χ1n) is 4.82. The molecule has 1 saturated carbocycles. The van der Waals surface area contributed by atoms with E-state index in [-0.39, 0.29) is 5.75 Å². The Bertz CT molecular complexity index is 233. The van der Waals surface area contributed by atoms with Gasteiger partial charge in [-0.1, -0.05) is 12.8 Å². The van der Waals surface area contributed by atoms with Crippen molar-refractivity contribution in [2.45, 2.75) is 38.1 Å². The van der Waals surface area contributed by atoms with Crippen LogP contribution in [0, 0.1) is 0 Å². The van der Waals surface area contributed by atoms with E-state index in [2.05, 4.69) is 5.32 Å². The minimum absolute atomic E-state index is 0.0900. The van der Waals surface area contributed by atoms with Crippen LogP contribution in [0.1, 0.15) is 32.1 Å². The number of rotatable bonds is 5. The predicted octanol–water partition coefficient (Wildman–Crippen LogP) is 0.197. The van der Waals surface area contributed by atoms with Crippen LogP contribution < -0.4 is 10.5 Å². The van der Waals surface area contributed by atoms with E-state index in [1.54, 1.807) is 0 Å². The lowest BCUT2D eigenvalue weighted by Crippen LogP contribution is -2.29. The zero-order valence-corrected chi connectivity index (χ0v) is 8.65. The topological polar surface area (TPSA) is 72.2 Å². The van der Waals surface area contributed by atoms with Crippen LogP contribution >= 0.6 is 0 Å².